The van der Waals surface area contributed by atoms with E-state index < -0.39 is 5.97 Å². The molecule has 3 atom stereocenters. The van der Waals surface area contributed by atoms with Crippen LogP contribution in [0.4, 0.5) is 0 Å². The molecule has 1 aromatic carbocycles. The third-order valence-corrected chi connectivity index (χ3v) is 5.42. The molecule has 4 heteroatoms. The number of ether oxygens (including phenoxy) is 2. The SMILES string of the molecule is CCOC(=O)c1ccc2c(c1O)[C@H]1C[C@@H](C)CC[C@@H]1C(C)(C)O2. The first kappa shape index (κ1) is 16.2. The maximum Gasteiger partial charge on any atom is 0.341 e. The van der Waals surface area contributed by atoms with Gasteiger partial charge < -0.3 is 14.6 Å². The van der Waals surface area contributed by atoms with Crippen molar-refractivity contribution >= 4 is 5.97 Å². The third kappa shape index (κ3) is 2.68. The van der Waals surface area contributed by atoms with Crippen LogP contribution in [0.2, 0.25) is 0 Å². The molecule has 23 heavy (non-hydrogen) atoms. The molecule has 0 bridgehead atoms. The smallest absolute Gasteiger partial charge is 0.341 e. The van der Waals surface area contributed by atoms with Gasteiger partial charge in [0.2, 0.25) is 0 Å². The molecular weight excluding hydrogens is 292 g/mol. The lowest BCUT2D eigenvalue weighted by Gasteiger charge is -2.48. The average Bonchev–Trinajstić information content (AvgIpc) is 2.46. The summed E-state index contributed by atoms with van der Waals surface area (Å²) < 4.78 is 11.2. The highest BCUT2D eigenvalue weighted by molar-refractivity contribution is 5.93. The van der Waals surface area contributed by atoms with Gasteiger partial charge in [-0.05, 0) is 57.6 Å². The second-order valence-electron chi connectivity index (χ2n) is 7.43. The van der Waals surface area contributed by atoms with E-state index in [9.17, 15) is 9.90 Å². The van der Waals surface area contributed by atoms with Crippen LogP contribution >= 0.6 is 0 Å². The fourth-order valence-corrected chi connectivity index (χ4v) is 4.30. The Bertz CT molecular complexity index is 620. The number of esters is 1. The van der Waals surface area contributed by atoms with E-state index in [1.807, 2.05) is 0 Å². The number of fused-ring (bicyclic) bond motifs is 3. The maximum absolute atomic E-state index is 12.1. The summed E-state index contributed by atoms with van der Waals surface area (Å²) in [6, 6.07) is 3.41. The van der Waals surface area contributed by atoms with Gasteiger partial charge >= 0.3 is 5.97 Å². The molecular formula is C19H26O4. The minimum atomic E-state index is -0.474. The lowest BCUT2D eigenvalue weighted by Crippen LogP contribution is -2.46. The molecule has 0 radical (unpaired) electrons. The van der Waals surface area contributed by atoms with E-state index in [-0.39, 0.29) is 22.8 Å². The summed E-state index contributed by atoms with van der Waals surface area (Å²) in [7, 11) is 0. The molecule has 3 rings (SSSR count). The molecule has 0 spiro atoms. The van der Waals surface area contributed by atoms with Gasteiger partial charge in [0.1, 0.15) is 22.7 Å². The van der Waals surface area contributed by atoms with Crippen LogP contribution in [0.3, 0.4) is 0 Å². The van der Waals surface area contributed by atoms with Crippen LogP contribution in [0.5, 0.6) is 11.5 Å². The highest BCUT2D eigenvalue weighted by Crippen LogP contribution is 2.55. The van der Waals surface area contributed by atoms with E-state index in [2.05, 4.69) is 20.8 Å². The zero-order valence-electron chi connectivity index (χ0n) is 14.4. The normalized spacial score (nSPS) is 28.3. The monoisotopic (exact) mass is 318 g/mol. The number of phenols is 1. The van der Waals surface area contributed by atoms with Crippen LogP contribution in [0, 0.1) is 11.8 Å². The molecule has 1 fully saturated rings. The lowest BCUT2D eigenvalue weighted by molar-refractivity contribution is -0.0145. The molecule has 1 heterocycles. The zero-order chi connectivity index (χ0) is 16.8. The summed E-state index contributed by atoms with van der Waals surface area (Å²) in [6.07, 6.45) is 3.28. The summed E-state index contributed by atoms with van der Waals surface area (Å²) in [4.78, 5) is 12.1. The van der Waals surface area contributed by atoms with E-state index in [0.29, 0.717) is 24.2 Å². The Balaban J connectivity index is 2.09. The highest BCUT2D eigenvalue weighted by Gasteiger charge is 2.47. The number of hydrogen-bond acceptors (Lipinski definition) is 4. The minimum Gasteiger partial charge on any atom is -0.507 e. The summed E-state index contributed by atoms with van der Waals surface area (Å²) in [5.41, 5.74) is 0.785. The standard InChI is InChI=1S/C19H26O4/c1-5-22-18(21)12-7-9-15-16(17(12)20)13-10-11(2)6-8-14(13)19(3,4)23-15/h7,9,11,13-14,20H,5-6,8,10H2,1-4H3/t11-,13-,14-/m0/s1. The van der Waals surface area contributed by atoms with Gasteiger partial charge in [-0.25, -0.2) is 4.79 Å². The molecule has 1 aliphatic carbocycles. The van der Waals surface area contributed by atoms with Crippen molar-refractivity contribution in [1.29, 1.82) is 0 Å². The van der Waals surface area contributed by atoms with Gasteiger partial charge in [0, 0.05) is 11.5 Å². The Morgan fingerprint density at radius 1 is 1.39 bits per heavy atom. The number of carbonyl (C=O) groups is 1. The second-order valence-corrected chi connectivity index (χ2v) is 7.43. The first-order chi connectivity index (χ1) is 10.8. The molecule has 0 amide bonds. The summed E-state index contributed by atoms with van der Waals surface area (Å²) in [5.74, 6) is 1.47. The molecule has 1 N–H and O–H groups in total. The summed E-state index contributed by atoms with van der Waals surface area (Å²) in [5, 5.41) is 10.7. The molecule has 126 valence electrons. The Morgan fingerprint density at radius 3 is 2.83 bits per heavy atom. The molecule has 1 saturated carbocycles. The van der Waals surface area contributed by atoms with E-state index >= 15 is 0 Å². The number of benzene rings is 1. The van der Waals surface area contributed by atoms with Crippen molar-refractivity contribution in [3.63, 3.8) is 0 Å². The minimum absolute atomic E-state index is 0.0422. The first-order valence-electron chi connectivity index (χ1n) is 8.57. The third-order valence-electron chi connectivity index (χ3n) is 5.42. The fraction of sp³-hybridized carbons (Fsp3) is 0.632. The largest absolute Gasteiger partial charge is 0.507 e. The van der Waals surface area contributed by atoms with Gasteiger partial charge in [0.15, 0.2) is 0 Å². The second kappa shape index (κ2) is 5.73. The van der Waals surface area contributed by atoms with Crippen LogP contribution in [0.1, 0.15) is 68.8 Å². The van der Waals surface area contributed by atoms with E-state index in [1.165, 1.54) is 6.42 Å². The van der Waals surface area contributed by atoms with Crippen molar-refractivity contribution in [2.24, 2.45) is 11.8 Å². The maximum atomic E-state index is 12.1. The van der Waals surface area contributed by atoms with Gasteiger partial charge in [-0.15, -0.1) is 0 Å². The Morgan fingerprint density at radius 2 is 2.13 bits per heavy atom. The summed E-state index contributed by atoms with van der Waals surface area (Å²) in [6.45, 7) is 8.56. The number of aromatic hydroxyl groups is 1. The van der Waals surface area contributed by atoms with Crippen LogP contribution < -0.4 is 4.74 Å². The van der Waals surface area contributed by atoms with Crippen molar-refractivity contribution in [3.05, 3.63) is 23.3 Å². The predicted octanol–water partition coefficient (Wildman–Crippen LogP) is 4.26. The molecule has 4 nitrogen and oxygen atoms in total. The lowest BCUT2D eigenvalue weighted by atomic mass is 9.64. The first-order valence-corrected chi connectivity index (χ1v) is 8.57. The Hall–Kier alpha value is -1.71. The van der Waals surface area contributed by atoms with Gasteiger partial charge in [0.05, 0.1) is 6.61 Å². The van der Waals surface area contributed by atoms with E-state index in [1.54, 1.807) is 19.1 Å². The fourth-order valence-electron chi connectivity index (χ4n) is 4.30. The van der Waals surface area contributed by atoms with E-state index in [4.69, 9.17) is 9.47 Å². The predicted molar refractivity (Wildman–Crippen MR) is 88.0 cm³/mol. The number of rotatable bonds is 2. The molecule has 2 aliphatic rings. The number of phenolic OH excluding ortho intramolecular Hbond substituents is 1. The van der Waals surface area contributed by atoms with Gasteiger partial charge in [-0.3, -0.25) is 0 Å². The molecule has 0 aromatic heterocycles. The van der Waals surface area contributed by atoms with Crippen molar-refractivity contribution in [3.8, 4) is 11.5 Å². The van der Waals surface area contributed by atoms with Crippen LogP contribution in [-0.2, 0) is 4.74 Å². The van der Waals surface area contributed by atoms with E-state index in [0.717, 1.165) is 18.4 Å². The average molecular weight is 318 g/mol. The van der Waals surface area contributed by atoms with Gasteiger partial charge in [-0.1, -0.05) is 13.3 Å². The van der Waals surface area contributed by atoms with Crippen LogP contribution in [0.15, 0.2) is 12.1 Å². The Kier molecular flexibility index (Phi) is 4.03. The molecule has 0 saturated heterocycles. The van der Waals surface area contributed by atoms with Crippen molar-refractivity contribution in [2.45, 2.75) is 58.5 Å². The molecule has 1 aromatic rings. The zero-order valence-corrected chi connectivity index (χ0v) is 14.4. The van der Waals surface area contributed by atoms with Crippen molar-refractivity contribution in [2.75, 3.05) is 6.61 Å². The Labute approximate surface area is 137 Å². The quantitative estimate of drug-likeness (QED) is 0.828. The topological polar surface area (TPSA) is 55.8 Å². The van der Waals surface area contributed by atoms with Gasteiger partial charge in [-0.2, -0.15) is 0 Å². The van der Waals surface area contributed by atoms with Gasteiger partial charge in [0.25, 0.3) is 0 Å². The highest BCUT2D eigenvalue weighted by atomic mass is 16.5. The summed E-state index contributed by atoms with van der Waals surface area (Å²) >= 11 is 0. The number of hydrogen-bond donors (Lipinski definition) is 1. The van der Waals surface area contributed by atoms with Crippen LogP contribution in [-0.4, -0.2) is 23.3 Å². The van der Waals surface area contributed by atoms with Crippen molar-refractivity contribution < 1.29 is 19.4 Å². The molecule has 0 unspecified atom stereocenters. The molecule has 1 aliphatic heterocycles. The number of carbonyl (C=O) groups excluding carboxylic acids is 1. The van der Waals surface area contributed by atoms with Crippen LogP contribution in [0.25, 0.3) is 0 Å². The van der Waals surface area contributed by atoms with Crippen molar-refractivity contribution in [1.82, 2.24) is 0 Å².